The molecule has 4 heteroatoms. The van der Waals surface area contributed by atoms with Gasteiger partial charge in [0.2, 0.25) is 0 Å². The highest BCUT2D eigenvalue weighted by Gasteiger charge is 2.54. The van der Waals surface area contributed by atoms with E-state index in [9.17, 15) is 9.90 Å². The van der Waals surface area contributed by atoms with Crippen LogP contribution in [0.5, 0.6) is 11.5 Å². The molecule has 0 aromatic heterocycles. The first kappa shape index (κ1) is 19.6. The fraction of sp³-hybridized carbons (Fsp3) is 0.500. The van der Waals surface area contributed by atoms with Gasteiger partial charge in [-0.1, -0.05) is 31.2 Å². The topological polar surface area (TPSA) is 55.8 Å². The molecule has 4 nitrogen and oxygen atoms in total. The summed E-state index contributed by atoms with van der Waals surface area (Å²) in [5.41, 5.74) is 3.16. The van der Waals surface area contributed by atoms with Gasteiger partial charge in [0, 0.05) is 5.56 Å². The second-order valence-corrected chi connectivity index (χ2v) is 9.47. The number of ether oxygens (including phenoxy) is 2. The Balaban J connectivity index is 1.45. The molecule has 0 spiro atoms. The van der Waals surface area contributed by atoms with Gasteiger partial charge in [-0.05, 0) is 85.5 Å². The summed E-state index contributed by atoms with van der Waals surface area (Å²) in [5.74, 6) is 2.56. The number of methoxy groups -OCH3 is 1. The number of rotatable bonds is 3. The molecular formula is C26H30O4. The van der Waals surface area contributed by atoms with Crippen molar-refractivity contribution in [2.45, 2.75) is 57.5 Å². The first-order valence-corrected chi connectivity index (χ1v) is 11.2. The number of aliphatic hydroxyl groups excluding tert-OH is 1. The Morgan fingerprint density at radius 1 is 1.07 bits per heavy atom. The van der Waals surface area contributed by atoms with E-state index >= 15 is 0 Å². The van der Waals surface area contributed by atoms with Gasteiger partial charge in [-0.3, -0.25) is 0 Å². The Kier molecular flexibility index (Phi) is 4.85. The fourth-order valence-electron chi connectivity index (χ4n) is 6.62. The maximum Gasteiger partial charge on any atom is 0.343 e. The maximum atomic E-state index is 12.6. The van der Waals surface area contributed by atoms with Gasteiger partial charge in [-0.25, -0.2) is 4.79 Å². The van der Waals surface area contributed by atoms with E-state index in [-0.39, 0.29) is 17.5 Å². The molecule has 1 N–H and O–H groups in total. The monoisotopic (exact) mass is 406 g/mol. The minimum absolute atomic E-state index is 0.0773. The van der Waals surface area contributed by atoms with Crippen molar-refractivity contribution in [1.82, 2.24) is 0 Å². The number of carbonyl (C=O) groups is 1. The van der Waals surface area contributed by atoms with Crippen LogP contribution in [0, 0.1) is 17.3 Å². The second-order valence-electron chi connectivity index (χ2n) is 9.47. The lowest BCUT2D eigenvalue weighted by Gasteiger charge is -2.50. The summed E-state index contributed by atoms with van der Waals surface area (Å²) >= 11 is 0. The SMILES string of the molecule is COc1c(OC(=O)c2ccccc2)ccc2c1CC[C@@H]1[C@@H]2CC[C@]2(C)[C@@H](O)CC[C@@H]12. The predicted octanol–water partition coefficient (Wildman–Crippen LogP) is 5.13. The Morgan fingerprint density at radius 2 is 1.87 bits per heavy atom. The third-order valence-corrected chi connectivity index (χ3v) is 8.19. The van der Waals surface area contributed by atoms with E-state index in [0.717, 1.165) is 38.5 Å². The molecule has 0 aliphatic heterocycles. The van der Waals surface area contributed by atoms with Crippen molar-refractivity contribution in [3.05, 3.63) is 59.2 Å². The van der Waals surface area contributed by atoms with Crippen LogP contribution in [0.15, 0.2) is 42.5 Å². The van der Waals surface area contributed by atoms with Crippen molar-refractivity contribution < 1.29 is 19.4 Å². The van der Waals surface area contributed by atoms with Crippen molar-refractivity contribution in [2.24, 2.45) is 17.3 Å². The molecule has 0 amide bonds. The quantitative estimate of drug-likeness (QED) is 0.567. The third kappa shape index (κ3) is 2.96. The van der Waals surface area contributed by atoms with Gasteiger partial charge in [0.25, 0.3) is 0 Å². The van der Waals surface area contributed by atoms with E-state index in [1.807, 2.05) is 24.3 Å². The van der Waals surface area contributed by atoms with Crippen molar-refractivity contribution in [1.29, 1.82) is 0 Å². The molecule has 158 valence electrons. The van der Waals surface area contributed by atoms with E-state index in [0.29, 0.717) is 34.8 Å². The van der Waals surface area contributed by atoms with E-state index < -0.39 is 0 Å². The Labute approximate surface area is 178 Å². The number of esters is 1. The van der Waals surface area contributed by atoms with Crippen LogP contribution in [0.4, 0.5) is 0 Å². The predicted molar refractivity (Wildman–Crippen MR) is 115 cm³/mol. The molecule has 3 aliphatic carbocycles. The van der Waals surface area contributed by atoms with Crippen molar-refractivity contribution >= 4 is 5.97 Å². The number of benzene rings is 2. The lowest BCUT2D eigenvalue weighted by atomic mass is 9.55. The van der Waals surface area contributed by atoms with E-state index in [2.05, 4.69) is 13.0 Å². The van der Waals surface area contributed by atoms with Gasteiger partial charge in [0.05, 0.1) is 18.8 Å². The summed E-state index contributed by atoms with van der Waals surface area (Å²) in [6.07, 6.45) is 6.14. The van der Waals surface area contributed by atoms with Gasteiger partial charge >= 0.3 is 5.97 Å². The molecule has 0 radical (unpaired) electrons. The van der Waals surface area contributed by atoms with Crippen molar-refractivity contribution in [3.63, 3.8) is 0 Å². The van der Waals surface area contributed by atoms with Crippen LogP contribution >= 0.6 is 0 Å². The van der Waals surface area contributed by atoms with Gasteiger partial charge in [-0.15, -0.1) is 0 Å². The molecule has 30 heavy (non-hydrogen) atoms. The lowest BCUT2D eigenvalue weighted by Crippen LogP contribution is -2.44. The molecule has 2 fully saturated rings. The zero-order valence-electron chi connectivity index (χ0n) is 17.8. The third-order valence-electron chi connectivity index (χ3n) is 8.19. The molecule has 2 saturated carbocycles. The smallest absolute Gasteiger partial charge is 0.343 e. The summed E-state index contributed by atoms with van der Waals surface area (Å²) in [4.78, 5) is 12.6. The molecule has 0 heterocycles. The number of hydrogen-bond donors (Lipinski definition) is 1. The van der Waals surface area contributed by atoms with Crippen molar-refractivity contribution in [2.75, 3.05) is 7.11 Å². The molecule has 5 rings (SSSR count). The summed E-state index contributed by atoms with van der Waals surface area (Å²) in [6.45, 7) is 2.30. The fourth-order valence-corrected chi connectivity index (χ4v) is 6.62. The molecule has 0 bridgehead atoms. The molecule has 5 atom stereocenters. The van der Waals surface area contributed by atoms with Gasteiger partial charge < -0.3 is 14.6 Å². The van der Waals surface area contributed by atoms with Gasteiger partial charge in [0.15, 0.2) is 11.5 Å². The van der Waals surface area contributed by atoms with Crippen LogP contribution in [0.2, 0.25) is 0 Å². The molecular weight excluding hydrogens is 376 g/mol. The maximum absolute atomic E-state index is 12.6. The minimum Gasteiger partial charge on any atom is -0.493 e. The van der Waals surface area contributed by atoms with Gasteiger partial charge in [0.1, 0.15) is 0 Å². The summed E-state index contributed by atoms with van der Waals surface area (Å²) in [6, 6.07) is 13.1. The largest absolute Gasteiger partial charge is 0.493 e. The number of hydrogen-bond acceptors (Lipinski definition) is 4. The zero-order chi connectivity index (χ0) is 20.9. The van der Waals surface area contributed by atoms with Crippen LogP contribution in [0.25, 0.3) is 0 Å². The van der Waals surface area contributed by atoms with Crippen LogP contribution < -0.4 is 9.47 Å². The van der Waals surface area contributed by atoms with E-state index in [4.69, 9.17) is 9.47 Å². The Morgan fingerprint density at radius 3 is 2.63 bits per heavy atom. The molecule has 2 aromatic carbocycles. The zero-order valence-corrected chi connectivity index (χ0v) is 17.8. The van der Waals surface area contributed by atoms with Crippen molar-refractivity contribution in [3.8, 4) is 11.5 Å². The lowest BCUT2D eigenvalue weighted by molar-refractivity contribution is -0.0227. The number of aliphatic hydroxyl groups is 1. The average Bonchev–Trinajstić information content (AvgIpc) is 3.08. The normalized spacial score (nSPS) is 32.0. The van der Waals surface area contributed by atoms with Crippen LogP contribution in [-0.2, 0) is 6.42 Å². The first-order chi connectivity index (χ1) is 14.5. The summed E-state index contributed by atoms with van der Waals surface area (Å²) < 4.78 is 11.5. The average molecular weight is 407 g/mol. The molecule has 0 unspecified atom stereocenters. The van der Waals surface area contributed by atoms with Crippen LogP contribution in [0.1, 0.15) is 66.4 Å². The van der Waals surface area contributed by atoms with Crippen LogP contribution in [-0.4, -0.2) is 24.3 Å². The van der Waals surface area contributed by atoms with E-state index in [1.165, 1.54) is 11.1 Å². The highest BCUT2D eigenvalue weighted by Crippen LogP contribution is 2.61. The Bertz CT molecular complexity index is 953. The molecule has 2 aromatic rings. The molecule has 3 aliphatic rings. The first-order valence-electron chi connectivity index (χ1n) is 11.2. The number of fused-ring (bicyclic) bond motifs is 5. The highest BCUT2D eigenvalue weighted by molar-refractivity contribution is 5.91. The Hall–Kier alpha value is -2.33. The second kappa shape index (κ2) is 7.42. The summed E-state index contributed by atoms with van der Waals surface area (Å²) in [7, 11) is 1.66. The minimum atomic E-state index is -0.365. The van der Waals surface area contributed by atoms with E-state index in [1.54, 1.807) is 19.2 Å². The van der Waals surface area contributed by atoms with Gasteiger partial charge in [-0.2, -0.15) is 0 Å². The standard InChI is InChI=1S/C26H30O4/c1-26-15-14-18-17-10-12-22(30-25(28)16-6-4-3-5-7-16)24(29-2)20(17)9-8-19(18)21(26)11-13-23(26)27/h3-7,10,12,18-19,21,23,27H,8-9,11,13-15H2,1-2H3/t18-,19-,21+,23+,26+/m1/s1. The highest BCUT2D eigenvalue weighted by atomic mass is 16.6. The number of carbonyl (C=O) groups excluding carboxylic acids is 1. The molecule has 0 saturated heterocycles. The summed E-state index contributed by atoms with van der Waals surface area (Å²) in [5, 5.41) is 10.6. The van der Waals surface area contributed by atoms with Crippen LogP contribution in [0.3, 0.4) is 0 Å².